The van der Waals surface area contributed by atoms with Crippen molar-refractivity contribution in [3.63, 3.8) is 0 Å². The minimum Gasteiger partial charge on any atom is -0.368 e. The van der Waals surface area contributed by atoms with Gasteiger partial charge in [0.05, 0.1) is 28.4 Å². The molecule has 0 aromatic rings. The number of hydroxylamine groups is 8. The smallest absolute Gasteiger partial charge is 0.360 e. The van der Waals surface area contributed by atoms with Crippen LogP contribution in [0.3, 0.4) is 0 Å². The molecule has 0 saturated heterocycles. The molecule has 0 aliphatic carbocycles. The number of nitrogens with zero attached hydrogens (tertiary/aromatic N) is 5. The maximum atomic E-state index is 10.2. The lowest BCUT2D eigenvalue weighted by Crippen LogP contribution is -2.81. The van der Waals surface area contributed by atoms with E-state index in [0.717, 1.165) is 15.4 Å². The average molecular weight is 340 g/mol. The van der Waals surface area contributed by atoms with Crippen LogP contribution in [-0.2, 0) is 28.8 Å². The van der Waals surface area contributed by atoms with Gasteiger partial charge in [-0.1, -0.05) is 0 Å². The quantitative estimate of drug-likeness (QED) is 0.386. The second-order valence-electron chi connectivity index (χ2n) is 4.13. The first-order valence-electron chi connectivity index (χ1n) is 6.31. The van der Waals surface area contributed by atoms with Gasteiger partial charge in [-0.05, 0) is 5.06 Å². The van der Waals surface area contributed by atoms with Crippen LogP contribution in [0.5, 0.6) is 0 Å². The molecular weight excluding hydrogens is 316 g/mol. The highest BCUT2D eigenvalue weighted by atomic mass is 17.0. The molecule has 0 spiro atoms. The molecule has 2 atom stereocenters. The maximum absolute atomic E-state index is 10.2. The van der Waals surface area contributed by atoms with E-state index < -0.39 is 11.9 Å². The van der Waals surface area contributed by atoms with Crippen LogP contribution < -0.4 is 5.73 Å². The summed E-state index contributed by atoms with van der Waals surface area (Å²) in [6.45, 7) is 0. The molecule has 0 saturated carbocycles. The summed E-state index contributed by atoms with van der Waals surface area (Å²) in [7, 11) is 9.08. The third kappa shape index (κ3) is 2.76. The predicted molar refractivity (Wildman–Crippen MR) is 74.2 cm³/mol. The summed E-state index contributed by atoms with van der Waals surface area (Å²) >= 11 is 0. The van der Waals surface area contributed by atoms with E-state index in [1.54, 1.807) is 0 Å². The highest BCUT2D eigenvalue weighted by molar-refractivity contribution is 5.78. The van der Waals surface area contributed by atoms with Crippen molar-refractivity contribution in [2.75, 3.05) is 49.7 Å². The van der Waals surface area contributed by atoms with Gasteiger partial charge in [-0.3, -0.25) is 19.4 Å². The fourth-order valence-electron chi connectivity index (χ4n) is 2.30. The Morgan fingerprint density at radius 3 is 1.91 bits per heavy atom. The normalized spacial score (nSPS) is 29.5. The van der Waals surface area contributed by atoms with Crippen LogP contribution in [-0.4, -0.2) is 93.2 Å². The Hall–Kier alpha value is -1.13. The monoisotopic (exact) mass is 340 g/mol. The molecule has 23 heavy (non-hydrogen) atoms. The molecule has 0 aromatic heterocycles. The van der Waals surface area contributed by atoms with Crippen molar-refractivity contribution in [1.82, 2.24) is 20.4 Å². The second kappa shape index (κ2) is 7.63. The second-order valence-corrected chi connectivity index (χ2v) is 4.13. The Balaban J connectivity index is 3.69. The largest absolute Gasteiger partial charge is 0.368 e. The zero-order valence-electron chi connectivity index (χ0n) is 14.2. The van der Waals surface area contributed by atoms with Crippen LogP contribution in [0.4, 0.5) is 0 Å². The highest BCUT2D eigenvalue weighted by Gasteiger charge is 2.66. The molecule has 0 fully saturated rings. The molecule has 0 radical (unpaired) electrons. The van der Waals surface area contributed by atoms with Crippen LogP contribution in [0, 0.1) is 0 Å². The molecule has 1 heterocycles. The molecule has 13 nitrogen and oxygen atoms in total. The minimum absolute atomic E-state index is 0.218. The lowest BCUT2D eigenvalue weighted by atomic mass is 10.4. The van der Waals surface area contributed by atoms with Crippen molar-refractivity contribution in [3.8, 4) is 0 Å². The molecular formula is C10H24N6O7. The first-order valence-corrected chi connectivity index (χ1v) is 6.31. The maximum Gasteiger partial charge on any atom is 0.360 e. The fourth-order valence-corrected chi connectivity index (χ4v) is 2.30. The van der Waals surface area contributed by atoms with Gasteiger partial charge in [0.2, 0.25) is 5.96 Å². The van der Waals surface area contributed by atoms with Gasteiger partial charge in [0.25, 0.3) is 0 Å². The lowest BCUT2D eigenvalue weighted by Gasteiger charge is -2.55. The summed E-state index contributed by atoms with van der Waals surface area (Å²) in [4.78, 5) is 24.8. The van der Waals surface area contributed by atoms with Gasteiger partial charge in [-0.2, -0.15) is 10.1 Å². The number of hydrogen-bond acceptors (Lipinski definition) is 13. The van der Waals surface area contributed by atoms with Crippen LogP contribution in [0.25, 0.3) is 0 Å². The van der Waals surface area contributed by atoms with E-state index >= 15 is 0 Å². The van der Waals surface area contributed by atoms with E-state index in [9.17, 15) is 5.21 Å². The van der Waals surface area contributed by atoms with E-state index in [0.29, 0.717) is 5.06 Å². The van der Waals surface area contributed by atoms with Crippen LogP contribution in [0.1, 0.15) is 0 Å². The van der Waals surface area contributed by atoms with Gasteiger partial charge >= 0.3 is 11.9 Å². The Bertz CT molecular complexity index is 423. The Kier molecular flexibility index (Phi) is 6.60. The Morgan fingerprint density at radius 1 is 1.04 bits per heavy atom. The Morgan fingerprint density at radius 2 is 1.61 bits per heavy atom. The molecule has 1 aliphatic rings. The number of rotatable bonds is 8. The molecule has 1 rings (SSSR count). The van der Waals surface area contributed by atoms with Crippen molar-refractivity contribution in [2.45, 2.75) is 11.9 Å². The number of guanidine groups is 1. The topological polar surface area (TPSA) is 127 Å². The van der Waals surface area contributed by atoms with E-state index in [1.807, 2.05) is 0 Å². The van der Waals surface area contributed by atoms with Crippen LogP contribution in [0.15, 0.2) is 4.99 Å². The number of aliphatic imine (C=N–C) groups is 1. The number of hydrogen-bond donors (Lipinski definition) is 2. The summed E-state index contributed by atoms with van der Waals surface area (Å²) in [6, 6.07) is 0. The van der Waals surface area contributed by atoms with E-state index in [1.165, 1.54) is 49.7 Å². The third-order valence-electron chi connectivity index (χ3n) is 3.17. The van der Waals surface area contributed by atoms with Gasteiger partial charge in [0, 0.05) is 26.5 Å². The van der Waals surface area contributed by atoms with Crippen molar-refractivity contribution in [1.29, 1.82) is 0 Å². The van der Waals surface area contributed by atoms with Crippen LogP contribution >= 0.6 is 0 Å². The zero-order valence-corrected chi connectivity index (χ0v) is 14.2. The van der Waals surface area contributed by atoms with Gasteiger partial charge < -0.3 is 20.4 Å². The minimum atomic E-state index is -1.93. The van der Waals surface area contributed by atoms with Gasteiger partial charge in [0.15, 0.2) is 0 Å². The fraction of sp³-hybridized carbons (Fsp3) is 0.900. The van der Waals surface area contributed by atoms with Crippen molar-refractivity contribution < 1.29 is 34.0 Å². The van der Waals surface area contributed by atoms with Crippen LogP contribution in [0.2, 0.25) is 0 Å². The average Bonchev–Trinajstić information content (AvgIpc) is 2.54. The molecule has 0 bridgehead atoms. The van der Waals surface area contributed by atoms with Crippen molar-refractivity contribution in [3.05, 3.63) is 0 Å². The van der Waals surface area contributed by atoms with Gasteiger partial charge in [-0.25, -0.2) is 0 Å². The predicted octanol–water partition coefficient (Wildman–Crippen LogP) is -1.70. The standard InChI is InChI=1S/C10H24N6O7/c1-13(17)10(19-3)14(20-4)8(11)12-9(18-2,15(10)21-5)16(22-6)23-7/h17H,1-7H3,(H2,11,12). The summed E-state index contributed by atoms with van der Waals surface area (Å²) < 4.78 is 10.8. The lowest BCUT2D eigenvalue weighted by molar-refractivity contribution is -0.584. The SMILES string of the molecule is CON(OC)C1(OC)N=C(N)N(OC)C(OC)(N(C)O)N1OC. The summed E-state index contributed by atoms with van der Waals surface area (Å²) in [5.74, 6) is -4.06. The molecule has 3 N–H and O–H groups in total. The summed E-state index contributed by atoms with van der Waals surface area (Å²) in [6.07, 6.45) is 0. The molecule has 1 aliphatic heterocycles. The number of nitrogens with two attached hydrogens (primary N) is 1. The first-order chi connectivity index (χ1) is 10.9. The Labute approximate surface area is 134 Å². The molecule has 0 amide bonds. The summed E-state index contributed by atoms with van der Waals surface area (Å²) in [5, 5.41) is 13.6. The highest BCUT2D eigenvalue weighted by Crippen LogP contribution is 2.39. The van der Waals surface area contributed by atoms with E-state index in [2.05, 4.69) is 4.99 Å². The zero-order chi connectivity index (χ0) is 17.8. The van der Waals surface area contributed by atoms with E-state index in [-0.39, 0.29) is 5.96 Å². The van der Waals surface area contributed by atoms with Gasteiger partial charge in [0.1, 0.15) is 0 Å². The molecule has 13 heteroatoms. The van der Waals surface area contributed by atoms with Crippen molar-refractivity contribution >= 4 is 5.96 Å². The number of methoxy groups -OCH3 is 2. The van der Waals surface area contributed by atoms with Gasteiger partial charge in [-0.15, -0.1) is 5.06 Å². The number of ether oxygens (including phenoxy) is 2. The molecule has 136 valence electrons. The van der Waals surface area contributed by atoms with Crippen molar-refractivity contribution in [2.24, 2.45) is 10.7 Å². The first kappa shape index (κ1) is 19.9. The molecule has 0 aromatic carbocycles. The summed E-state index contributed by atoms with van der Waals surface area (Å²) in [5.41, 5.74) is 5.93. The third-order valence-corrected chi connectivity index (χ3v) is 3.17. The van der Waals surface area contributed by atoms with E-state index in [4.69, 9.17) is 34.6 Å². The molecule has 2 unspecified atom stereocenters.